The van der Waals surface area contributed by atoms with Gasteiger partial charge in [0.1, 0.15) is 17.4 Å². The predicted molar refractivity (Wildman–Crippen MR) is 102 cm³/mol. The van der Waals surface area contributed by atoms with Crippen molar-refractivity contribution in [2.75, 3.05) is 19.0 Å². The van der Waals surface area contributed by atoms with Crippen molar-refractivity contribution in [2.24, 2.45) is 0 Å². The van der Waals surface area contributed by atoms with Crippen LogP contribution in [-0.2, 0) is 14.3 Å². The van der Waals surface area contributed by atoms with Crippen molar-refractivity contribution in [3.8, 4) is 11.8 Å². The fraction of sp³-hybridized carbons (Fsp3) is 0.190. The number of amides is 1. The third-order valence-corrected chi connectivity index (χ3v) is 3.89. The number of anilines is 1. The van der Waals surface area contributed by atoms with Gasteiger partial charge >= 0.3 is 5.97 Å². The number of ether oxygens (including phenoxy) is 2. The summed E-state index contributed by atoms with van der Waals surface area (Å²) in [4.78, 5) is 24.0. The number of hydrogen-bond acceptors (Lipinski definition) is 5. The molecule has 0 aromatic heterocycles. The van der Waals surface area contributed by atoms with Gasteiger partial charge < -0.3 is 14.8 Å². The number of carbonyl (C=O) groups excluding carboxylic acids is 2. The Morgan fingerprint density at radius 1 is 1.11 bits per heavy atom. The second-order valence-corrected chi connectivity index (χ2v) is 5.87. The van der Waals surface area contributed by atoms with E-state index in [1.54, 1.807) is 43.5 Å². The fourth-order valence-corrected chi connectivity index (χ4v) is 2.23. The lowest BCUT2D eigenvalue weighted by Gasteiger charge is -2.08. The maximum absolute atomic E-state index is 12.0. The van der Waals surface area contributed by atoms with Gasteiger partial charge in [-0.15, -0.1) is 0 Å². The Kier molecular flexibility index (Phi) is 6.73. The Hall–Kier alpha value is -3.59. The molecule has 0 bridgehead atoms. The molecule has 2 rings (SSSR count). The van der Waals surface area contributed by atoms with Gasteiger partial charge in [0.05, 0.1) is 7.11 Å². The van der Waals surface area contributed by atoms with Gasteiger partial charge in [-0.1, -0.05) is 18.2 Å². The quantitative estimate of drug-likeness (QED) is 0.482. The lowest BCUT2D eigenvalue weighted by molar-refractivity contribution is -0.142. The molecular weight excluding hydrogens is 344 g/mol. The number of nitriles is 1. The first-order chi connectivity index (χ1) is 12.9. The summed E-state index contributed by atoms with van der Waals surface area (Å²) < 4.78 is 9.99. The average molecular weight is 364 g/mol. The van der Waals surface area contributed by atoms with E-state index in [9.17, 15) is 14.9 Å². The second-order valence-electron chi connectivity index (χ2n) is 5.87. The van der Waals surface area contributed by atoms with Gasteiger partial charge in [0, 0.05) is 5.69 Å². The zero-order valence-electron chi connectivity index (χ0n) is 15.4. The number of rotatable bonds is 6. The highest BCUT2D eigenvalue weighted by Crippen LogP contribution is 2.15. The Morgan fingerprint density at radius 2 is 1.81 bits per heavy atom. The largest absolute Gasteiger partial charge is 0.497 e. The Balaban J connectivity index is 1.95. The summed E-state index contributed by atoms with van der Waals surface area (Å²) in [5, 5.41) is 11.8. The van der Waals surface area contributed by atoms with Crippen LogP contribution >= 0.6 is 0 Å². The third-order valence-electron chi connectivity index (χ3n) is 3.89. The molecule has 0 radical (unpaired) electrons. The van der Waals surface area contributed by atoms with Crippen molar-refractivity contribution in [1.29, 1.82) is 5.26 Å². The molecular formula is C21H20N2O4. The Labute approximate surface area is 158 Å². The summed E-state index contributed by atoms with van der Waals surface area (Å²) in [5.74, 6) is -0.673. The second kappa shape index (κ2) is 9.20. The van der Waals surface area contributed by atoms with Gasteiger partial charge in [0.15, 0.2) is 6.61 Å². The first-order valence-corrected chi connectivity index (χ1v) is 8.23. The number of carbonyl (C=O) groups is 2. The number of esters is 1. The number of nitrogens with one attached hydrogen (secondary N) is 1. The highest BCUT2D eigenvalue weighted by Gasteiger charge is 2.13. The molecule has 138 valence electrons. The van der Waals surface area contributed by atoms with Crippen molar-refractivity contribution in [2.45, 2.75) is 13.8 Å². The highest BCUT2D eigenvalue weighted by atomic mass is 16.5. The van der Waals surface area contributed by atoms with Crippen LogP contribution in [0.1, 0.15) is 16.7 Å². The van der Waals surface area contributed by atoms with Gasteiger partial charge in [-0.3, -0.25) is 4.79 Å². The maximum atomic E-state index is 12.0. The third kappa shape index (κ3) is 5.72. The van der Waals surface area contributed by atoms with E-state index in [4.69, 9.17) is 9.47 Å². The SMILES string of the molecule is COc1ccc(/C=C(\C#N)C(=O)OCC(=O)Nc2ccc(C)c(C)c2)cc1. The number of aryl methyl sites for hydroxylation is 2. The van der Waals surface area contributed by atoms with Crippen molar-refractivity contribution in [1.82, 2.24) is 0 Å². The van der Waals surface area contributed by atoms with E-state index in [2.05, 4.69) is 5.32 Å². The van der Waals surface area contributed by atoms with Crippen LogP contribution in [0.3, 0.4) is 0 Å². The van der Waals surface area contributed by atoms with Crippen molar-refractivity contribution in [3.05, 3.63) is 64.7 Å². The van der Waals surface area contributed by atoms with Gasteiger partial charge in [-0.2, -0.15) is 5.26 Å². The molecule has 0 aliphatic carbocycles. The molecule has 0 aliphatic heterocycles. The minimum absolute atomic E-state index is 0.195. The molecule has 0 saturated heterocycles. The summed E-state index contributed by atoms with van der Waals surface area (Å²) >= 11 is 0. The van der Waals surface area contributed by atoms with E-state index in [-0.39, 0.29) is 5.57 Å². The van der Waals surface area contributed by atoms with Crippen molar-refractivity contribution >= 4 is 23.6 Å². The minimum Gasteiger partial charge on any atom is -0.497 e. The normalized spacial score (nSPS) is 10.7. The molecule has 2 aromatic carbocycles. The first kappa shape index (κ1) is 19.7. The maximum Gasteiger partial charge on any atom is 0.349 e. The van der Waals surface area contributed by atoms with Crippen molar-refractivity contribution in [3.63, 3.8) is 0 Å². The van der Waals surface area contributed by atoms with Gasteiger partial charge in [-0.25, -0.2) is 4.79 Å². The average Bonchev–Trinajstić information content (AvgIpc) is 2.67. The van der Waals surface area contributed by atoms with Crippen LogP contribution in [0.4, 0.5) is 5.69 Å². The molecule has 1 amide bonds. The van der Waals surface area contributed by atoms with Gasteiger partial charge in [0.2, 0.25) is 0 Å². The van der Waals surface area contributed by atoms with Crippen LogP contribution in [0.2, 0.25) is 0 Å². The number of hydrogen-bond donors (Lipinski definition) is 1. The van der Waals surface area contributed by atoms with Crippen LogP contribution in [0.15, 0.2) is 48.0 Å². The topological polar surface area (TPSA) is 88.4 Å². The first-order valence-electron chi connectivity index (χ1n) is 8.23. The Bertz CT molecular complexity index is 909. The smallest absolute Gasteiger partial charge is 0.349 e. The minimum atomic E-state index is -0.858. The van der Waals surface area contributed by atoms with E-state index in [1.807, 2.05) is 26.0 Å². The molecule has 6 heteroatoms. The zero-order valence-corrected chi connectivity index (χ0v) is 15.4. The molecule has 0 saturated carbocycles. The molecule has 27 heavy (non-hydrogen) atoms. The summed E-state index contributed by atoms with van der Waals surface area (Å²) in [6.45, 7) is 3.43. The van der Waals surface area contributed by atoms with Gasteiger partial charge in [0.25, 0.3) is 5.91 Å². The van der Waals surface area contributed by atoms with Crippen LogP contribution in [-0.4, -0.2) is 25.6 Å². The standard InChI is InChI=1S/C21H20N2O4/c1-14-4-7-18(10-15(14)2)23-20(24)13-27-21(25)17(12-22)11-16-5-8-19(26-3)9-6-16/h4-11H,13H2,1-3H3,(H,23,24)/b17-11+. The molecule has 0 heterocycles. The van der Waals surface area contributed by atoms with E-state index in [0.717, 1.165) is 11.1 Å². The molecule has 0 spiro atoms. The fourth-order valence-electron chi connectivity index (χ4n) is 2.23. The van der Waals surface area contributed by atoms with E-state index >= 15 is 0 Å². The monoisotopic (exact) mass is 364 g/mol. The molecule has 0 aliphatic rings. The summed E-state index contributed by atoms with van der Waals surface area (Å²) in [6, 6.07) is 14.1. The van der Waals surface area contributed by atoms with Crippen LogP contribution < -0.4 is 10.1 Å². The van der Waals surface area contributed by atoms with Crippen LogP contribution in [0.5, 0.6) is 5.75 Å². The molecule has 0 unspecified atom stereocenters. The molecule has 0 atom stereocenters. The lowest BCUT2D eigenvalue weighted by Crippen LogP contribution is -2.21. The summed E-state index contributed by atoms with van der Waals surface area (Å²) in [7, 11) is 1.55. The molecule has 6 nitrogen and oxygen atoms in total. The number of benzene rings is 2. The zero-order chi connectivity index (χ0) is 19.8. The van der Waals surface area contributed by atoms with Gasteiger partial charge in [-0.05, 0) is 60.9 Å². The van der Waals surface area contributed by atoms with Crippen LogP contribution in [0.25, 0.3) is 6.08 Å². The van der Waals surface area contributed by atoms with Crippen LogP contribution in [0, 0.1) is 25.2 Å². The molecule has 1 N–H and O–H groups in total. The highest BCUT2D eigenvalue weighted by molar-refractivity contribution is 6.00. The number of nitrogens with zero attached hydrogens (tertiary/aromatic N) is 1. The summed E-state index contributed by atoms with van der Waals surface area (Å²) in [5.41, 5.74) is 3.22. The Morgan fingerprint density at radius 3 is 2.41 bits per heavy atom. The lowest BCUT2D eigenvalue weighted by atomic mass is 10.1. The molecule has 0 fully saturated rings. The van der Waals surface area contributed by atoms with E-state index < -0.39 is 18.5 Å². The van der Waals surface area contributed by atoms with Crippen molar-refractivity contribution < 1.29 is 19.1 Å². The van der Waals surface area contributed by atoms with E-state index in [1.165, 1.54) is 6.08 Å². The van der Waals surface area contributed by atoms with E-state index in [0.29, 0.717) is 17.0 Å². The predicted octanol–water partition coefficient (Wildman–Crippen LogP) is 3.40. The molecule has 2 aromatic rings. The number of methoxy groups -OCH3 is 1. The summed E-state index contributed by atoms with van der Waals surface area (Å²) in [6.07, 6.45) is 1.39.